The van der Waals surface area contributed by atoms with Crippen molar-refractivity contribution >= 4 is 21.6 Å². The lowest BCUT2D eigenvalue weighted by molar-refractivity contribution is 0.403. The molecule has 0 fully saturated rings. The number of hydrogen-bond donors (Lipinski definition) is 2. The average molecular weight is 319 g/mol. The van der Waals surface area contributed by atoms with Crippen molar-refractivity contribution in [1.29, 1.82) is 0 Å². The van der Waals surface area contributed by atoms with Gasteiger partial charge in [0.2, 0.25) is 0 Å². The molecule has 96 valence electrons. The molecule has 3 rings (SSSR count). The van der Waals surface area contributed by atoms with E-state index >= 15 is 0 Å². The van der Waals surface area contributed by atoms with Crippen LogP contribution in [-0.4, -0.2) is 27.5 Å². The molecular formula is C14H11BrN2O2. The second-order valence-electron chi connectivity index (χ2n) is 4.37. The van der Waals surface area contributed by atoms with Gasteiger partial charge >= 0.3 is 0 Å². The molecule has 0 amide bonds. The number of phenols is 2. The van der Waals surface area contributed by atoms with Crippen molar-refractivity contribution in [2.24, 2.45) is 4.99 Å². The highest BCUT2D eigenvalue weighted by Crippen LogP contribution is 2.32. The van der Waals surface area contributed by atoms with E-state index in [4.69, 9.17) is 0 Å². The van der Waals surface area contributed by atoms with Gasteiger partial charge in [0.25, 0.3) is 0 Å². The Balaban J connectivity index is 2.15. The van der Waals surface area contributed by atoms with E-state index in [9.17, 15) is 10.2 Å². The molecule has 5 heteroatoms. The van der Waals surface area contributed by atoms with E-state index in [-0.39, 0.29) is 11.5 Å². The number of fused-ring (bicyclic) bond motifs is 1. The Hall–Kier alpha value is -1.88. The maximum absolute atomic E-state index is 9.66. The number of benzene rings is 1. The third-order valence-electron chi connectivity index (χ3n) is 3.08. The third kappa shape index (κ3) is 2.21. The van der Waals surface area contributed by atoms with E-state index in [1.54, 1.807) is 24.5 Å². The number of aromatic nitrogens is 1. The molecule has 0 aliphatic carbocycles. The van der Waals surface area contributed by atoms with Crippen LogP contribution in [0.2, 0.25) is 0 Å². The Kier molecular flexibility index (Phi) is 2.98. The molecular weight excluding hydrogens is 308 g/mol. The van der Waals surface area contributed by atoms with Gasteiger partial charge in [0.15, 0.2) is 11.5 Å². The van der Waals surface area contributed by atoms with Crippen LogP contribution >= 0.6 is 15.9 Å². The minimum absolute atomic E-state index is 0.0904. The molecule has 0 radical (unpaired) electrons. The number of halogens is 1. The Morgan fingerprint density at radius 1 is 1.05 bits per heavy atom. The average Bonchev–Trinajstić information content (AvgIpc) is 2.39. The smallest absolute Gasteiger partial charge is 0.158 e. The number of aromatic hydroxyl groups is 2. The van der Waals surface area contributed by atoms with Gasteiger partial charge in [-0.2, -0.15) is 0 Å². The summed E-state index contributed by atoms with van der Waals surface area (Å²) in [6.45, 7) is 0.666. The monoisotopic (exact) mass is 318 g/mol. The van der Waals surface area contributed by atoms with Gasteiger partial charge in [-0.1, -0.05) is 0 Å². The molecule has 2 heterocycles. The molecule has 0 spiro atoms. The molecule has 0 atom stereocenters. The molecule has 2 aromatic rings. The number of nitrogens with zero attached hydrogens (tertiary/aromatic N) is 2. The summed E-state index contributed by atoms with van der Waals surface area (Å²) in [7, 11) is 0. The van der Waals surface area contributed by atoms with Crippen LogP contribution < -0.4 is 0 Å². The Morgan fingerprint density at radius 2 is 1.84 bits per heavy atom. The van der Waals surface area contributed by atoms with E-state index in [2.05, 4.69) is 25.9 Å². The van der Waals surface area contributed by atoms with Crippen LogP contribution in [0.3, 0.4) is 0 Å². The van der Waals surface area contributed by atoms with Gasteiger partial charge in [-0.25, -0.2) is 0 Å². The van der Waals surface area contributed by atoms with E-state index in [1.807, 2.05) is 6.07 Å². The minimum Gasteiger partial charge on any atom is -0.504 e. The molecule has 4 nitrogen and oxygen atoms in total. The fraction of sp³-hybridized carbons (Fsp3) is 0.143. The van der Waals surface area contributed by atoms with Crippen LogP contribution in [0.4, 0.5) is 0 Å². The first-order chi connectivity index (χ1) is 9.15. The van der Waals surface area contributed by atoms with Gasteiger partial charge in [-0.15, -0.1) is 0 Å². The zero-order valence-corrected chi connectivity index (χ0v) is 11.6. The van der Waals surface area contributed by atoms with Crippen molar-refractivity contribution in [3.63, 3.8) is 0 Å². The molecule has 0 unspecified atom stereocenters. The fourth-order valence-corrected chi connectivity index (χ4v) is 2.57. The number of hydrogen-bond acceptors (Lipinski definition) is 4. The maximum atomic E-state index is 9.66. The second-order valence-corrected chi connectivity index (χ2v) is 5.29. The maximum Gasteiger partial charge on any atom is 0.158 e. The molecule has 0 bridgehead atoms. The van der Waals surface area contributed by atoms with Crippen molar-refractivity contribution in [2.75, 3.05) is 6.54 Å². The largest absolute Gasteiger partial charge is 0.504 e. The SMILES string of the molecule is Oc1cc2c(cc1O)C(c1cncc(Br)c1)=NCC2. The summed E-state index contributed by atoms with van der Waals surface area (Å²) < 4.78 is 0.878. The van der Waals surface area contributed by atoms with E-state index in [0.717, 1.165) is 33.3 Å². The first-order valence-corrected chi connectivity index (χ1v) is 6.65. The summed E-state index contributed by atoms with van der Waals surface area (Å²) in [5.41, 5.74) is 3.52. The van der Waals surface area contributed by atoms with Gasteiger partial charge in [-0.3, -0.25) is 9.98 Å². The normalized spacial score (nSPS) is 13.8. The Labute approximate surface area is 118 Å². The number of aliphatic imine (C=N–C) groups is 1. The molecule has 1 aromatic heterocycles. The lowest BCUT2D eigenvalue weighted by Gasteiger charge is -2.18. The minimum atomic E-state index is -0.128. The topological polar surface area (TPSA) is 65.7 Å². The highest BCUT2D eigenvalue weighted by Gasteiger charge is 2.18. The first kappa shape index (κ1) is 12.2. The van der Waals surface area contributed by atoms with E-state index < -0.39 is 0 Å². The second kappa shape index (κ2) is 4.66. The van der Waals surface area contributed by atoms with Crippen molar-refractivity contribution in [3.05, 3.63) is 51.8 Å². The highest BCUT2D eigenvalue weighted by atomic mass is 79.9. The van der Waals surface area contributed by atoms with Gasteiger partial charge in [0, 0.05) is 34.5 Å². The summed E-state index contributed by atoms with van der Waals surface area (Å²) >= 11 is 3.39. The van der Waals surface area contributed by atoms with Crippen molar-refractivity contribution < 1.29 is 10.2 Å². The molecule has 1 aliphatic rings. The molecule has 19 heavy (non-hydrogen) atoms. The van der Waals surface area contributed by atoms with E-state index in [1.165, 1.54) is 0 Å². The van der Waals surface area contributed by atoms with Gasteiger partial charge in [0.1, 0.15) is 0 Å². The van der Waals surface area contributed by atoms with Gasteiger partial charge < -0.3 is 10.2 Å². The van der Waals surface area contributed by atoms with E-state index in [0.29, 0.717) is 6.54 Å². The molecule has 1 aromatic carbocycles. The molecule has 2 N–H and O–H groups in total. The predicted molar refractivity (Wildman–Crippen MR) is 75.9 cm³/mol. The standard InChI is InChI=1S/C14H11BrN2O2/c15-10-3-9(6-16-7-10)14-11-5-13(19)12(18)4-8(11)1-2-17-14/h3-7,18-19H,1-2H2. The summed E-state index contributed by atoms with van der Waals surface area (Å²) in [6, 6.07) is 5.10. The number of pyridine rings is 1. The molecule has 0 saturated heterocycles. The fourth-order valence-electron chi connectivity index (χ4n) is 2.21. The summed E-state index contributed by atoms with van der Waals surface area (Å²) in [6.07, 6.45) is 4.21. The molecule has 0 saturated carbocycles. The van der Waals surface area contributed by atoms with Gasteiger partial charge in [-0.05, 0) is 46.1 Å². The van der Waals surface area contributed by atoms with Crippen LogP contribution in [0.15, 0.2) is 40.1 Å². The van der Waals surface area contributed by atoms with Crippen LogP contribution in [0, 0.1) is 0 Å². The number of phenolic OH excluding ortho intramolecular Hbond substituents is 2. The predicted octanol–water partition coefficient (Wildman–Crippen LogP) is 2.65. The zero-order chi connectivity index (χ0) is 13.4. The first-order valence-electron chi connectivity index (χ1n) is 5.86. The lowest BCUT2D eigenvalue weighted by Crippen LogP contribution is -2.14. The van der Waals surface area contributed by atoms with Gasteiger partial charge in [0.05, 0.1) is 5.71 Å². The summed E-state index contributed by atoms with van der Waals surface area (Å²) in [5.74, 6) is -0.219. The molecule has 1 aliphatic heterocycles. The van der Waals surface area contributed by atoms with Crippen LogP contribution in [0.25, 0.3) is 0 Å². The summed E-state index contributed by atoms with van der Waals surface area (Å²) in [4.78, 5) is 8.65. The Morgan fingerprint density at radius 3 is 2.63 bits per heavy atom. The quantitative estimate of drug-likeness (QED) is 0.794. The zero-order valence-electron chi connectivity index (χ0n) is 9.97. The van der Waals surface area contributed by atoms with Crippen molar-refractivity contribution in [1.82, 2.24) is 4.98 Å². The van der Waals surface area contributed by atoms with Crippen molar-refractivity contribution in [3.8, 4) is 11.5 Å². The van der Waals surface area contributed by atoms with Crippen molar-refractivity contribution in [2.45, 2.75) is 6.42 Å². The van der Waals surface area contributed by atoms with Crippen LogP contribution in [0.1, 0.15) is 16.7 Å². The number of rotatable bonds is 1. The Bertz CT molecular complexity index is 683. The van der Waals surface area contributed by atoms with Crippen LogP contribution in [0.5, 0.6) is 11.5 Å². The lowest BCUT2D eigenvalue weighted by atomic mass is 9.93. The third-order valence-corrected chi connectivity index (χ3v) is 3.52. The highest BCUT2D eigenvalue weighted by molar-refractivity contribution is 9.10. The summed E-state index contributed by atoms with van der Waals surface area (Å²) in [5, 5.41) is 19.2. The van der Waals surface area contributed by atoms with Crippen LogP contribution in [-0.2, 0) is 6.42 Å².